The number of carbonyl (C=O) groups is 1. The van der Waals surface area contributed by atoms with Gasteiger partial charge >= 0.3 is 0 Å². The third-order valence-corrected chi connectivity index (χ3v) is 4.46. The van der Waals surface area contributed by atoms with E-state index in [1.807, 2.05) is 6.92 Å². The normalized spacial score (nSPS) is 12.4. The molecule has 0 N–H and O–H groups in total. The zero-order valence-corrected chi connectivity index (χ0v) is 12.8. The molecule has 0 spiro atoms. The van der Waals surface area contributed by atoms with E-state index in [0.717, 1.165) is 0 Å². The van der Waals surface area contributed by atoms with Crippen molar-refractivity contribution >= 4 is 33.2 Å². The SMILES string of the molecule is Cc1ccc(C(C)N(C)C(=O)c2ccc(Br)o2)s1. The van der Waals surface area contributed by atoms with Crippen molar-refractivity contribution in [2.24, 2.45) is 0 Å². The Bertz CT molecular complexity index is 561. The van der Waals surface area contributed by atoms with Crippen molar-refractivity contribution in [1.82, 2.24) is 4.90 Å². The number of halogens is 1. The molecule has 1 amide bonds. The molecule has 0 aliphatic heterocycles. The first-order valence-corrected chi connectivity index (χ1v) is 7.19. The van der Waals surface area contributed by atoms with Crippen LogP contribution in [-0.4, -0.2) is 17.9 Å². The van der Waals surface area contributed by atoms with Gasteiger partial charge in [-0.25, -0.2) is 0 Å². The number of furan rings is 1. The van der Waals surface area contributed by atoms with Crippen LogP contribution >= 0.6 is 27.3 Å². The summed E-state index contributed by atoms with van der Waals surface area (Å²) in [5, 5.41) is 0. The standard InChI is InChI=1S/C13H14BrNO2S/c1-8-4-6-11(18-8)9(2)15(3)13(16)10-5-7-12(14)17-10/h4-7,9H,1-3H3. The zero-order valence-electron chi connectivity index (χ0n) is 10.4. The van der Waals surface area contributed by atoms with Gasteiger partial charge in [-0.1, -0.05) is 0 Å². The smallest absolute Gasteiger partial charge is 0.289 e. The summed E-state index contributed by atoms with van der Waals surface area (Å²) in [7, 11) is 1.79. The number of thiophene rings is 1. The second kappa shape index (κ2) is 5.28. The van der Waals surface area contributed by atoms with Gasteiger partial charge in [-0.05, 0) is 54.0 Å². The number of hydrogen-bond acceptors (Lipinski definition) is 3. The number of aryl methyl sites for hydroxylation is 1. The maximum atomic E-state index is 12.2. The summed E-state index contributed by atoms with van der Waals surface area (Å²) in [6.45, 7) is 4.08. The lowest BCUT2D eigenvalue weighted by molar-refractivity contribution is 0.0711. The van der Waals surface area contributed by atoms with Crippen molar-refractivity contribution in [1.29, 1.82) is 0 Å². The van der Waals surface area contributed by atoms with Crippen LogP contribution in [0, 0.1) is 6.92 Å². The summed E-state index contributed by atoms with van der Waals surface area (Å²) >= 11 is 4.91. The summed E-state index contributed by atoms with van der Waals surface area (Å²) in [6, 6.07) is 7.57. The molecule has 2 aromatic rings. The highest BCUT2D eigenvalue weighted by Crippen LogP contribution is 2.27. The van der Waals surface area contributed by atoms with E-state index in [4.69, 9.17) is 4.42 Å². The molecule has 0 aromatic carbocycles. The van der Waals surface area contributed by atoms with Gasteiger partial charge in [0.2, 0.25) is 0 Å². The Morgan fingerprint density at radius 3 is 2.61 bits per heavy atom. The minimum absolute atomic E-state index is 0.0417. The maximum Gasteiger partial charge on any atom is 0.289 e. The van der Waals surface area contributed by atoms with Crippen LogP contribution < -0.4 is 0 Å². The molecule has 3 nitrogen and oxygen atoms in total. The van der Waals surface area contributed by atoms with Gasteiger partial charge in [-0.3, -0.25) is 4.79 Å². The topological polar surface area (TPSA) is 33.5 Å². The van der Waals surface area contributed by atoms with Gasteiger partial charge in [-0.15, -0.1) is 11.3 Å². The zero-order chi connectivity index (χ0) is 13.3. The van der Waals surface area contributed by atoms with Crippen molar-refractivity contribution < 1.29 is 9.21 Å². The predicted molar refractivity (Wildman–Crippen MR) is 76.0 cm³/mol. The van der Waals surface area contributed by atoms with Gasteiger partial charge in [0.15, 0.2) is 10.4 Å². The van der Waals surface area contributed by atoms with Crippen molar-refractivity contribution in [2.75, 3.05) is 7.05 Å². The number of carbonyl (C=O) groups excluding carboxylic acids is 1. The van der Waals surface area contributed by atoms with E-state index >= 15 is 0 Å². The van der Waals surface area contributed by atoms with Gasteiger partial charge in [0, 0.05) is 16.8 Å². The van der Waals surface area contributed by atoms with Crippen LogP contribution in [0.15, 0.2) is 33.4 Å². The fraction of sp³-hybridized carbons (Fsp3) is 0.308. The monoisotopic (exact) mass is 327 g/mol. The molecule has 0 saturated heterocycles. The van der Waals surface area contributed by atoms with Crippen LogP contribution in [0.1, 0.15) is 33.3 Å². The molecular formula is C13H14BrNO2S. The van der Waals surface area contributed by atoms with Crippen molar-refractivity contribution in [3.8, 4) is 0 Å². The second-order valence-electron chi connectivity index (χ2n) is 4.14. The molecule has 0 aliphatic rings. The van der Waals surface area contributed by atoms with Crippen LogP contribution in [-0.2, 0) is 0 Å². The number of rotatable bonds is 3. The van der Waals surface area contributed by atoms with Gasteiger partial charge in [-0.2, -0.15) is 0 Å². The van der Waals surface area contributed by atoms with Crippen molar-refractivity contribution in [2.45, 2.75) is 19.9 Å². The average molecular weight is 328 g/mol. The van der Waals surface area contributed by atoms with Crippen LogP contribution in [0.2, 0.25) is 0 Å². The van der Waals surface area contributed by atoms with Gasteiger partial charge in [0.1, 0.15) is 0 Å². The Morgan fingerprint density at radius 2 is 2.11 bits per heavy atom. The van der Waals surface area contributed by atoms with Crippen molar-refractivity contribution in [3.05, 3.63) is 44.4 Å². The molecule has 0 fully saturated rings. The third-order valence-electron chi connectivity index (χ3n) is 2.86. The Hall–Kier alpha value is -1.07. The second-order valence-corrected chi connectivity index (χ2v) is 6.25. The fourth-order valence-corrected chi connectivity index (χ4v) is 2.93. The first kappa shape index (κ1) is 13.4. The quantitative estimate of drug-likeness (QED) is 0.844. The van der Waals surface area contributed by atoms with E-state index in [1.54, 1.807) is 35.4 Å². The lowest BCUT2D eigenvalue weighted by atomic mass is 10.2. The molecule has 0 bridgehead atoms. The molecule has 0 saturated carbocycles. The highest BCUT2D eigenvalue weighted by molar-refractivity contribution is 9.10. The van der Waals surface area contributed by atoms with E-state index in [-0.39, 0.29) is 11.9 Å². The van der Waals surface area contributed by atoms with Gasteiger partial charge < -0.3 is 9.32 Å². The van der Waals surface area contributed by atoms with E-state index in [9.17, 15) is 4.79 Å². The van der Waals surface area contributed by atoms with Gasteiger partial charge in [0.05, 0.1) is 6.04 Å². The van der Waals surface area contributed by atoms with E-state index in [2.05, 4.69) is 35.0 Å². The molecule has 18 heavy (non-hydrogen) atoms. The summed E-state index contributed by atoms with van der Waals surface area (Å²) < 4.78 is 5.85. The molecule has 2 heterocycles. The molecule has 96 valence electrons. The number of amides is 1. The third kappa shape index (κ3) is 2.67. The van der Waals surface area contributed by atoms with E-state index in [1.165, 1.54) is 9.75 Å². The lowest BCUT2D eigenvalue weighted by Gasteiger charge is -2.23. The minimum Gasteiger partial charge on any atom is -0.444 e. The van der Waals surface area contributed by atoms with E-state index < -0.39 is 0 Å². The van der Waals surface area contributed by atoms with Crippen LogP contribution in [0.5, 0.6) is 0 Å². The molecule has 0 aliphatic carbocycles. The van der Waals surface area contributed by atoms with Crippen LogP contribution in [0.3, 0.4) is 0 Å². The van der Waals surface area contributed by atoms with Crippen LogP contribution in [0.25, 0.3) is 0 Å². The predicted octanol–water partition coefficient (Wildman–Crippen LogP) is 4.25. The van der Waals surface area contributed by atoms with E-state index in [0.29, 0.717) is 10.4 Å². The molecule has 1 unspecified atom stereocenters. The van der Waals surface area contributed by atoms with Gasteiger partial charge in [0.25, 0.3) is 5.91 Å². The Labute approximate surface area is 119 Å². The first-order chi connectivity index (χ1) is 8.49. The fourth-order valence-electron chi connectivity index (χ4n) is 1.65. The van der Waals surface area contributed by atoms with Crippen LogP contribution in [0.4, 0.5) is 0 Å². The maximum absolute atomic E-state index is 12.2. The average Bonchev–Trinajstić information content (AvgIpc) is 2.95. The van der Waals surface area contributed by atoms with Crippen molar-refractivity contribution in [3.63, 3.8) is 0 Å². The molecule has 2 rings (SSSR count). The molecule has 0 radical (unpaired) electrons. The summed E-state index contributed by atoms with van der Waals surface area (Å²) in [5.74, 6) is 0.240. The highest BCUT2D eigenvalue weighted by atomic mass is 79.9. The molecular weight excluding hydrogens is 314 g/mol. The number of hydrogen-bond donors (Lipinski definition) is 0. The molecule has 5 heteroatoms. The highest BCUT2D eigenvalue weighted by Gasteiger charge is 2.22. The summed E-state index contributed by atoms with van der Waals surface area (Å²) in [5.41, 5.74) is 0. The molecule has 1 atom stereocenters. The Kier molecular flexibility index (Phi) is 3.92. The summed E-state index contributed by atoms with van der Waals surface area (Å²) in [6.07, 6.45) is 0. The largest absolute Gasteiger partial charge is 0.444 e. The first-order valence-electron chi connectivity index (χ1n) is 5.58. The minimum atomic E-state index is -0.112. The lowest BCUT2D eigenvalue weighted by Crippen LogP contribution is -2.28. The number of nitrogens with zero attached hydrogens (tertiary/aromatic N) is 1. The Balaban J connectivity index is 2.16. The summed E-state index contributed by atoms with van der Waals surface area (Å²) in [4.78, 5) is 16.3. The molecule has 2 aromatic heterocycles. The Morgan fingerprint density at radius 1 is 1.39 bits per heavy atom.